The first-order chi connectivity index (χ1) is 10.4. The van der Waals surface area contributed by atoms with Gasteiger partial charge in [-0.3, -0.25) is 0 Å². The van der Waals surface area contributed by atoms with Gasteiger partial charge in [0.15, 0.2) is 11.6 Å². The van der Waals surface area contributed by atoms with E-state index in [-0.39, 0.29) is 13.1 Å². The molecular weight excluding hydrogens is 318 g/mol. The van der Waals surface area contributed by atoms with Gasteiger partial charge >= 0.3 is 12.2 Å². The van der Waals surface area contributed by atoms with Crippen molar-refractivity contribution < 1.29 is 26.3 Å². The van der Waals surface area contributed by atoms with E-state index in [1.165, 1.54) is 0 Å². The minimum Gasteiger partial charge on any atom is -0.366 e. The first-order valence-corrected chi connectivity index (χ1v) is 5.63. The predicted molar refractivity (Wildman–Crippen MR) is 60.8 cm³/mol. The minimum atomic E-state index is -1.69. The van der Waals surface area contributed by atoms with Gasteiger partial charge in [-0.05, 0) is 0 Å². The van der Waals surface area contributed by atoms with Crippen molar-refractivity contribution in [1.29, 1.82) is 0 Å². The highest BCUT2D eigenvalue weighted by Gasteiger charge is 2.15. The summed E-state index contributed by atoms with van der Waals surface area (Å²) >= 11 is 0. The second-order valence-corrected chi connectivity index (χ2v) is 3.75. The van der Waals surface area contributed by atoms with Crippen LogP contribution in [0.2, 0.25) is 0 Å². The molecule has 2 aromatic rings. The summed E-state index contributed by atoms with van der Waals surface area (Å²) < 4.78 is 77.3. The molecule has 0 spiro atoms. The summed E-state index contributed by atoms with van der Waals surface area (Å²) in [6.45, 7) is -0.445. The van der Waals surface area contributed by atoms with Gasteiger partial charge in [-0.2, -0.15) is 46.3 Å². The highest BCUT2D eigenvalue weighted by Crippen LogP contribution is 2.14. The molecule has 12 heteroatoms. The van der Waals surface area contributed by atoms with E-state index in [0.29, 0.717) is 0 Å². The Bertz CT molecular complexity index is 637. The number of hydrogen-bond acceptors (Lipinski definition) is 6. The average molecular weight is 324 g/mol. The minimum absolute atomic E-state index is 0.223. The Balaban J connectivity index is 1.96. The van der Waals surface area contributed by atoms with Crippen LogP contribution in [0.25, 0.3) is 0 Å². The summed E-state index contributed by atoms with van der Waals surface area (Å²) in [6.07, 6.45) is -2.97. The third kappa shape index (κ3) is 3.51. The zero-order valence-corrected chi connectivity index (χ0v) is 10.5. The number of aromatic nitrogens is 4. The Morgan fingerprint density at radius 2 is 0.955 bits per heavy atom. The Morgan fingerprint density at radius 1 is 0.591 bits per heavy atom. The lowest BCUT2D eigenvalue weighted by Crippen LogP contribution is -2.18. The van der Waals surface area contributed by atoms with Gasteiger partial charge in [-0.25, -0.2) is 0 Å². The van der Waals surface area contributed by atoms with Gasteiger partial charge in [0.05, 0.1) is 0 Å². The average Bonchev–Trinajstić information content (AvgIpc) is 2.44. The summed E-state index contributed by atoms with van der Waals surface area (Å²) in [5.74, 6) is -7.90. The molecule has 0 aromatic carbocycles. The number of halogens is 6. The van der Waals surface area contributed by atoms with Crippen molar-refractivity contribution in [3.63, 3.8) is 0 Å². The lowest BCUT2D eigenvalue weighted by Gasteiger charge is -2.09. The molecule has 2 rings (SSSR count). The second-order valence-electron chi connectivity index (χ2n) is 3.75. The van der Waals surface area contributed by atoms with Gasteiger partial charge in [0.2, 0.25) is 11.6 Å². The zero-order chi connectivity index (χ0) is 16.3. The van der Waals surface area contributed by atoms with E-state index in [9.17, 15) is 26.3 Å². The molecule has 0 radical (unpaired) electrons. The number of nitrogens with zero attached hydrogens (tertiary/aromatic N) is 4. The third-order valence-electron chi connectivity index (χ3n) is 2.28. The van der Waals surface area contributed by atoms with Gasteiger partial charge in [-0.15, -0.1) is 0 Å². The topological polar surface area (TPSA) is 75.6 Å². The van der Waals surface area contributed by atoms with Crippen LogP contribution in [-0.4, -0.2) is 33.0 Å². The summed E-state index contributed by atoms with van der Waals surface area (Å²) in [7, 11) is 0. The Labute approximate surface area is 118 Å². The highest BCUT2D eigenvalue weighted by atomic mass is 19.2. The van der Waals surface area contributed by atoms with Crippen LogP contribution in [0.3, 0.4) is 0 Å². The number of anilines is 2. The summed E-state index contributed by atoms with van der Waals surface area (Å²) in [5.41, 5.74) is 0. The molecule has 0 unspecified atom stereocenters. The van der Waals surface area contributed by atoms with E-state index in [1.807, 2.05) is 0 Å². The van der Waals surface area contributed by atoms with Crippen molar-refractivity contribution in [2.75, 3.05) is 23.7 Å². The third-order valence-corrected chi connectivity index (χ3v) is 2.28. The highest BCUT2D eigenvalue weighted by molar-refractivity contribution is 5.37. The SMILES string of the molecule is Fc1nc(F)c(F)c(NCCNc2nc(F)nc(F)c2F)n1. The molecule has 0 aliphatic rings. The van der Waals surface area contributed by atoms with Crippen LogP contribution in [0, 0.1) is 35.7 Å². The Morgan fingerprint density at radius 3 is 1.32 bits per heavy atom. The number of nitrogens with one attached hydrogen (secondary N) is 2. The van der Waals surface area contributed by atoms with Crippen molar-refractivity contribution in [3.8, 4) is 0 Å². The monoisotopic (exact) mass is 324 g/mol. The van der Waals surface area contributed by atoms with Crippen molar-refractivity contribution >= 4 is 11.6 Å². The first-order valence-electron chi connectivity index (χ1n) is 5.63. The van der Waals surface area contributed by atoms with E-state index in [4.69, 9.17) is 0 Å². The van der Waals surface area contributed by atoms with E-state index < -0.39 is 47.3 Å². The van der Waals surface area contributed by atoms with Crippen molar-refractivity contribution in [2.45, 2.75) is 0 Å². The zero-order valence-electron chi connectivity index (χ0n) is 10.5. The molecule has 118 valence electrons. The van der Waals surface area contributed by atoms with Crippen LogP contribution in [0.4, 0.5) is 38.0 Å². The largest absolute Gasteiger partial charge is 0.366 e. The van der Waals surface area contributed by atoms with Crippen LogP contribution in [0.15, 0.2) is 0 Å². The lowest BCUT2D eigenvalue weighted by atomic mass is 10.4. The normalized spacial score (nSPS) is 10.6. The quantitative estimate of drug-likeness (QED) is 0.377. The molecule has 22 heavy (non-hydrogen) atoms. The van der Waals surface area contributed by atoms with Crippen molar-refractivity contribution in [1.82, 2.24) is 19.9 Å². The number of rotatable bonds is 5. The maximum absolute atomic E-state index is 13.2. The smallest absolute Gasteiger partial charge is 0.313 e. The van der Waals surface area contributed by atoms with E-state index in [1.54, 1.807) is 0 Å². The fourth-order valence-corrected chi connectivity index (χ4v) is 1.38. The predicted octanol–water partition coefficient (Wildman–Crippen LogP) is 1.63. The van der Waals surface area contributed by atoms with E-state index in [0.717, 1.165) is 0 Å². The van der Waals surface area contributed by atoms with Gasteiger partial charge in [0, 0.05) is 13.1 Å². The van der Waals surface area contributed by atoms with Gasteiger partial charge in [0.1, 0.15) is 0 Å². The molecule has 0 fully saturated rings. The summed E-state index contributed by atoms with van der Waals surface area (Å²) in [4.78, 5) is 11.0. The summed E-state index contributed by atoms with van der Waals surface area (Å²) in [5, 5.41) is 4.38. The molecule has 2 aromatic heterocycles. The molecule has 0 saturated carbocycles. The number of hydrogen-bond donors (Lipinski definition) is 2. The molecule has 0 atom stereocenters. The van der Waals surface area contributed by atoms with Crippen LogP contribution >= 0.6 is 0 Å². The molecule has 2 N–H and O–H groups in total. The molecule has 2 heterocycles. The van der Waals surface area contributed by atoms with E-state index >= 15 is 0 Å². The molecule has 0 amide bonds. The van der Waals surface area contributed by atoms with Crippen LogP contribution in [-0.2, 0) is 0 Å². The van der Waals surface area contributed by atoms with Crippen molar-refractivity contribution in [2.24, 2.45) is 0 Å². The van der Waals surface area contributed by atoms with Gasteiger partial charge in [-0.1, -0.05) is 0 Å². The summed E-state index contributed by atoms with van der Waals surface area (Å²) in [6, 6.07) is 0. The van der Waals surface area contributed by atoms with Gasteiger partial charge < -0.3 is 10.6 Å². The van der Waals surface area contributed by atoms with Crippen LogP contribution in [0.5, 0.6) is 0 Å². The Kier molecular flexibility index (Phi) is 4.58. The standard InChI is InChI=1S/C10H6F6N6/c11-3-5(13)19-9(15)21-7(3)17-1-2-18-8-4(12)6(14)20-10(16)22-8/h1-2H2,(H,17,19,21)(H,18,20,22). The maximum atomic E-state index is 13.2. The van der Waals surface area contributed by atoms with Crippen molar-refractivity contribution in [3.05, 3.63) is 35.7 Å². The Hall–Kier alpha value is -2.66. The second kappa shape index (κ2) is 6.41. The fraction of sp³-hybridized carbons (Fsp3) is 0.200. The molecule has 6 nitrogen and oxygen atoms in total. The first kappa shape index (κ1) is 15.7. The van der Waals surface area contributed by atoms with E-state index in [2.05, 4.69) is 30.6 Å². The molecule has 0 aliphatic carbocycles. The maximum Gasteiger partial charge on any atom is 0.313 e. The lowest BCUT2D eigenvalue weighted by molar-refractivity contribution is 0.428. The molecule has 0 aliphatic heterocycles. The molecular formula is C10H6F6N6. The molecule has 0 saturated heterocycles. The van der Waals surface area contributed by atoms with Gasteiger partial charge in [0.25, 0.3) is 11.9 Å². The van der Waals surface area contributed by atoms with Crippen LogP contribution in [0.1, 0.15) is 0 Å². The van der Waals surface area contributed by atoms with Crippen LogP contribution < -0.4 is 10.6 Å². The molecule has 0 bridgehead atoms. The fourth-order valence-electron chi connectivity index (χ4n) is 1.38.